The van der Waals surface area contributed by atoms with Gasteiger partial charge in [-0.05, 0) is 34.6 Å². The van der Waals surface area contributed by atoms with Crippen LogP contribution in [0.2, 0.25) is 5.15 Å². The zero-order valence-corrected chi connectivity index (χ0v) is 14.9. The third kappa shape index (κ3) is 4.13. The van der Waals surface area contributed by atoms with Gasteiger partial charge in [0, 0.05) is 19.6 Å². The van der Waals surface area contributed by atoms with Crippen LogP contribution in [0.1, 0.15) is 34.6 Å². The van der Waals surface area contributed by atoms with Crippen LogP contribution < -0.4 is 10.6 Å². The molecule has 0 unspecified atom stereocenters. The number of carbonyl (C=O) groups excluding carboxylic acids is 1. The Morgan fingerprint density at radius 2 is 1.96 bits per heavy atom. The molecule has 0 radical (unpaired) electrons. The van der Waals surface area contributed by atoms with Crippen LogP contribution in [0.25, 0.3) is 0 Å². The van der Waals surface area contributed by atoms with Crippen molar-refractivity contribution in [3.8, 4) is 0 Å². The number of ether oxygens (including phenoxy) is 1. The Morgan fingerprint density at radius 3 is 2.48 bits per heavy atom. The minimum Gasteiger partial charge on any atom is -0.444 e. The fraction of sp³-hybridized carbons (Fsp3) is 0.714. The number of nitrogens with zero attached hydrogens (tertiary/aromatic N) is 5. The zero-order chi connectivity index (χ0) is 17.4. The maximum atomic E-state index is 12.2. The van der Waals surface area contributed by atoms with Gasteiger partial charge in [-0.25, -0.2) is 4.79 Å². The molecule has 1 aliphatic rings. The van der Waals surface area contributed by atoms with Gasteiger partial charge in [-0.15, -0.1) is 10.2 Å². The molecule has 0 bridgehead atoms. The Labute approximate surface area is 141 Å². The number of halogens is 1. The summed E-state index contributed by atoms with van der Waals surface area (Å²) in [6.45, 7) is 11.1. The Bertz CT molecular complexity index is 601. The number of amides is 1. The molecule has 1 saturated heterocycles. The molecule has 0 aromatic carbocycles. The van der Waals surface area contributed by atoms with Crippen LogP contribution in [0.5, 0.6) is 0 Å². The standard InChI is InChI=1S/C14H23ClN6O2/c1-13(2,3)23-12(22)20-6-7-21(14(4,5)8-20)11-17-10(16)9(15)18-19-11/h6-8H2,1-5H3,(H2,16,17,19). The van der Waals surface area contributed by atoms with Crippen molar-refractivity contribution >= 4 is 29.5 Å². The van der Waals surface area contributed by atoms with Crippen LogP contribution >= 0.6 is 11.6 Å². The lowest BCUT2D eigenvalue weighted by Gasteiger charge is -2.46. The number of anilines is 2. The number of nitrogen functional groups attached to an aromatic ring is 1. The number of nitrogens with two attached hydrogens (primary N) is 1. The first kappa shape index (κ1) is 17.5. The number of aromatic nitrogens is 3. The fourth-order valence-corrected chi connectivity index (χ4v) is 2.52. The predicted molar refractivity (Wildman–Crippen MR) is 88.5 cm³/mol. The lowest BCUT2D eigenvalue weighted by atomic mass is 9.99. The summed E-state index contributed by atoms with van der Waals surface area (Å²) in [7, 11) is 0. The molecule has 0 saturated carbocycles. The van der Waals surface area contributed by atoms with Gasteiger partial charge in [0.25, 0.3) is 0 Å². The van der Waals surface area contributed by atoms with Gasteiger partial charge in [0.2, 0.25) is 5.95 Å². The summed E-state index contributed by atoms with van der Waals surface area (Å²) in [5.74, 6) is 0.544. The Kier molecular flexibility index (Phi) is 4.57. The summed E-state index contributed by atoms with van der Waals surface area (Å²) in [6, 6.07) is 0. The first-order chi connectivity index (χ1) is 10.5. The molecule has 1 aliphatic heterocycles. The molecule has 2 heterocycles. The smallest absolute Gasteiger partial charge is 0.410 e. The molecule has 23 heavy (non-hydrogen) atoms. The third-order valence-electron chi connectivity index (χ3n) is 3.45. The SMILES string of the molecule is CC(C)(C)OC(=O)N1CCN(c2nnc(Cl)c(N)n2)C(C)(C)C1. The quantitative estimate of drug-likeness (QED) is 0.832. The van der Waals surface area contributed by atoms with Crippen LogP contribution in [0.3, 0.4) is 0 Å². The van der Waals surface area contributed by atoms with Gasteiger partial charge in [0.05, 0.1) is 5.54 Å². The molecule has 9 heteroatoms. The summed E-state index contributed by atoms with van der Waals surface area (Å²) in [4.78, 5) is 20.1. The van der Waals surface area contributed by atoms with E-state index < -0.39 is 11.1 Å². The van der Waals surface area contributed by atoms with Crippen LogP contribution in [-0.2, 0) is 4.74 Å². The van der Waals surface area contributed by atoms with Crippen LogP contribution in [0.4, 0.5) is 16.6 Å². The highest BCUT2D eigenvalue weighted by molar-refractivity contribution is 6.31. The maximum absolute atomic E-state index is 12.2. The van der Waals surface area contributed by atoms with Gasteiger partial charge < -0.3 is 20.3 Å². The van der Waals surface area contributed by atoms with Crippen molar-refractivity contribution in [2.24, 2.45) is 0 Å². The average Bonchev–Trinajstić information content (AvgIpc) is 2.39. The third-order valence-corrected chi connectivity index (χ3v) is 3.72. The summed E-state index contributed by atoms with van der Waals surface area (Å²) < 4.78 is 5.43. The number of hydrogen-bond acceptors (Lipinski definition) is 7. The van der Waals surface area contributed by atoms with E-state index in [-0.39, 0.29) is 17.1 Å². The van der Waals surface area contributed by atoms with Crippen molar-refractivity contribution < 1.29 is 9.53 Å². The summed E-state index contributed by atoms with van der Waals surface area (Å²) in [5.41, 5.74) is 4.79. The molecule has 128 valence electrons. The van der Waals surface area contributed by atoms with Crippen molar-refractivity contribution in [3.05, 3.63) is 5.15 Å². The number of carbonyl (C=O) groups is 1. The highest BCUT2D eigenvalue weighted by Crippen LogP contribution is 2.27. The molecule has 1 fully saturated rings. The molecule has 1 aromatic heterocycles. The predicted octanol–water partition coefficient (Wildman–Crippen LogP) is 1.94. The molecule has 1 aromatic rings. The second kappa shape index (κ2) is 5.99. The van der Waals surface area contributed by atoms with E-state index in [2.05, 4.69) is 15.2 Å². The van der Waals surface area contributed by atoms with E-state index in [4.69, 9.17) is 22.1 Å². The highest BCUT2D eigenvalue weighted by Gasteiger charge is 2.38. The van der Waals surface area contributed by atoms with Crippen molar-refractivity contribution in [1.29, 1.82) is 0 Å². The topological polar surface area (TPSA) is 97.5 Å². The van der Waals surface area contributed by atoms with Gasteiger partial charge in [-0.1, -0.05) is 11.6 Å². The zero-order valence-electron chi connectivity index (χ0n) is 14.1. The van der Waals surface area contributed by atoms with Crippen molar-refractivity contribution in [1.82, 2.24) is 20.1 Å². The lowest BCUT2D eigenvalue weighted by Crippen LogP contribution is -2.61. The largest absolute Gasteiger partial charge is 0.444 e. The van der Waals surface area contributed by atoms with Gasteiger partial charge in [0.15, 0.2) is 11.0 Å². The van der Waals surface area contributed by atoms with E-state index in [0.717, 1.165) is 0 Å². The molecular formula is C14H23ClN6O2. The average molecular weight is 343 g/mol. The van der Waals surface area contributed by atoms with E-state index in [0.29, 0.717) is 25.6 Å². The number of hydrogen-bond donors (Lipinski definition) is 1. The molecule has 1 amide bonds. The first-order valence-electron chi connectivity index (χ1n) is 7.41. The van der Waals surface area contributed by atoms with Crippen molar-refractivity contribution in [3.63, 3.8) is 0 Å². The van der Waals surface area contributed by atoms with Gasteiger partial charge in [0.1, 0.15) is 5.60 Å². The van der Waals surface area contributed by atoms with E-state index in [1.54, 1.807) is 4.90 Å². The summed E-state index contributed by atoms with van der Waals surface area (Å²) in [5, 5.41) is 7.89. The van der Waals surface area contributed by atoms with Crippen LogP contribution in [0, 0.1) is 0 Å². The van der Waals surface area contributed by atoms with Gasteiger partial charge in [-0.3, -0.25) is 0 Å². The fourth-order valence-electron chi connectivity index (χ4n) is 2.44. The van der Waals surface area contributed by atoms with Gasteiger partial charge >= 0.3 is 6.09 Å². The summed E-state index contributed by atoms with van der Waals surface area (Å²) in [6.07, 6.45) is -0.320. The Morgan fingerprint density at radius 1 is 1.30 bits per heavy atom. The van der Waals surface area contributed by atoms with Crippen molar-refractivity contribution in [2.75, 3.05) is 30.3 Å². The second-order valence-electron chi connectivity index (χ2n) is 7.15. The molecule has 0 spiro atoms. The van der Waals surface area contributed by atoms with E-state index in [9.17, 15) is 4.79 Å². The molecular weight excluding hydrogens is 320 g/mol. The highest BCUT2D eigenvalue weighted by atomic mass is 35.5. The maximum Gasteiger partial charge on any atom is 0.410 e. The molecule has 8 nitrogen and oxygen atoms in total. The lowest BCUT2D eigenvalue weighted by molar-refractivity contribution is 0.0178. The van der Waals surface area contributed by atoms with E-state index in [1.165, 1.54) is 0 Å². The number of piperazine rings is 1. The molecule has 2 N–H and O–H groups in total. The van der Waals surface area contributed by atoms with Gasteiger partial charge in [-0.2, -0.15) is 4.98 Å². The second-order valence-corrected chi connectivity index (χ2v) is 7.51. The minimum absolute atomic E-state index is 0.0824. The Hall–Kier alpha value is -1.83. The van der Waals surface area contributed by atoms with Crippen LogP contribution in [0.15, 0.2) is 0 Å². The van der Waals surface area contributed by atoms with Crippen LogP contribution in [-0.4, -0.2) is 56.9 Å². The van der Waals surface area contributed by atoms with Crippen molar-refractivity contribution in [2.45, 2.75) is 45.8 Å². The minimum atomic E-state index is -0.518. The first-order valence-corrected chi connectivity index (χ1v) is 7.79. The number of rotatable bonds is 1. The monoisotopic (exact) mass is 342 g/mol. The summed E-state index contributed by atoms with van der Waals surface area (Å²) >= 11 is 5.77. The molecule has 0 atom stereocenters. The Balaban J connectivity index is 2.14. The van der Waals surface area contributed by atoms with E-state index >= 15 is 0 Å². The molecule has 0 aliphatic carbocycles. The molecule has 2 rings (SSSR count). The normalized spacial score (nSPS) is 18.0. The van der Waals surface area contributed by atoms with E-state index in [1.807, 2.05) is 39.5 Å².